The summed E-state index contributed by atoms with van der Waals surface area (Å²) < 4.78 is 34.4. The SMILES string of the molecule is CC(C)CCOc1ccc(S(=O)(=O)C2(C)COC2)nc1. The molecule has 1 aromatic heterocycles. The first-order valence-electron chi connectivity index (χ1n) is 6.76. The van der Waals surface area contributed by atoms with Crippen LogP contribution in [0.25, 0.3) is 0 Å². The Balaban J connectivity index is 2.05. The third-order valence-corrected chi connectivity index (χ3v) is 5.74. The van der Waals surface area contributed by atoms with Gasteiger partial charge in [0, 0.05) is 0 Å². The molecule has 1 aromatic rings. The second kappa shape index (κ2) is 5.69. The van der Waals surface area contributed by atoms with Gasteiger partial charge in [-0.2, -0.15) is 0 Å². The molecule has 6 heteroatoms. The first-order valence-corrected chi connectivity index (χ1v) is 8.25. The van der Waals surface area contributed by atoms with Crippen LogP contribution in [0.2, 0.25) is 0 Å². The van der Waals surface area contributed by atoms with Gasteiger partial charge in [0.2, 0.25) is 9.84 Å². The summed E-state index contributed by atoms with van der Waals surface area (Å²) in [6.07, 6.45) is 2.42. The Kier molecular flexibility index (Phi) is 4.34. The lowest BCUT2D eigenvalue weighted by Crippen LogP contribution is -2.53. The summed E-state index contributed by atoms with van der Waals surface area (Å²) >= 11 is 0. The molecule has 0 atom stereocenters. The van der Waals surface area contributed by atoms with E-state index in [4.69, 9.17) is 9.47 Å². The predicted octanol–water partition coefficient (Wildman–Crippen LogP) is 2.07. The number of aromatic nitrogens is 1. The number of pyridine rings is 1. The standard InChI is InChI=1S/C14H21NO4S/c1-11(2)6-7-19-12-4-5-13(15-8-12)20(16,17)14(3)9-18-10-14/h4-5,8,11H,6-7,9-10H2,1-3H3. The van der Waals surface area contributed by atoms with E-state index in [1.54, 1.807) is 13.0 Å². The first kappa shape index (κ1) is 15.3. The van der Waals surface area contributed by atoms with E-state index in [0.29, 0.717) is 18.3 Å². The molecule has 2 heterocycles. The van der Waals surface area contributed by atoms with Crippen LogP contribution in [-0.4, -0.2) is 38.0 Å². The van der Waals surface area contributed by atoms with Gasteiger partial charge in [0.05, 0.1) is 26.0 Å². The van der Waals surface area contributed by atoms with Gasteiger partial charge in [-0.05, 0) is 31.4 Å². The molecule has 0 aromatic carbocycles. The van der Waals surface area contributed by atoms with Gasteiger partial charge in [-0.3, -0.25) is 0 Å². The Morgan fingerprint density at radius 3 is 2.55 bits per heavy atom. The first-order chi connectivity index (χ1) is 9.35. The van der Waals surface area contributed by atoms with Crippen molar-refractivity contribution in [2.24, 2.45) is 5.92 Å². The highest BCUT2D eigenvalue weighted by Crippen LogP contribution is 2.31. The number of rotatable bonds is 6. The van der Waals surface area contributed by atoms with E-state index in [2.05, 4.69) is 18.8 Å². The van der Waals surface area contributed by atoms with Crippen LogP contribution in [0, 0.1) is 5.92 Å². The van der Waals surface area contributed by atoms with E-state index in [0.717, 1.165) is 6.42 Å². The zero-order chi connectivity index (χ0) is 14.8. The van der Waals surface area contributed by atoms with Crippen LogP contribution in [0.3, 0.4) is 0 Å². The van der Waals surface area contributed by atoms with Gasteiger partial charge < -0.3 is 9.47 Å². The van der Waals surface area contributed by atoms with Crippen LogP contribution in [0.15, 0.2) is 23.4 Å². The van der Waals surface area contributed by atoms with Crippen molar-refractivity contribution in [1.29, 1.82) is 0 Å². The second-order valence-electron chi connectivity index (χ2n) is 5.81. The molecular formula is C14H21NO4S. The maximum atomic E-state index is 12.4. The highest BCUT2D eigenvalue weighted by atomic mass is 32.2. The quantitative estimate of drug-likeness (QED) is 0.804. The van der Waals surface area contributed by atoms with Crippen molar-refractivity contribution in [3.8, 4) is 5.75 Å². The third kappa shape index (κ3) is 2.96. The molecule has 1 fully saturated rings. The van der Waals surface area contributed by atoms with Crippen LogP contribution >= 0.6 is 0 Å². The van der Waals surface area contributed by atoms with Crippen LogP contribution < -0.4 is 4.74 Å². The molecule has 1 aliphatic rings. The lowest BCUT2D eigenvalue weighted by Gasteiger charge is -2.36. The van der Waals surface area contributed by atoms with Gasteiger partial charge in [-0.15, -0.1) is 0 Å². The third-order valence-electron chi connectivity index (χ3n) is 3.41. The van der Waals surface area contributed by atoms with Crippen LogP contribution in [-0.2, 0) is 14.6 Å². The van der Waals surface area contributed by atoms with Gasteiger partial charge in [-0.25, -0.2) is 13.4 Å². The lowest BCUT2D eigenvalue weighted by atomic mass is 10.1. The molecule has 1 saturated heterocycles. The van der Waals surface area contributed by atoms with Crippen LogP contribution in [0.4, 0.5) is 0 Å². The minimum absolute atomic E-state index is 0.0829. The number of hydrogen-bond acceptors (Lipinski definition) is 5. The van der Waals surface area contributed by atoms with E-state index in [1.807, 2.05) is 0 Å². The Morgan fingerprint density at radius 2 is 2.10 bits per heavy atom. The normalized spacial score (nSPS) is 17.8. The lowest BCUT2D eigenvalue weighted by molar-refractivity contribution is -0.00501. The summed E-state index contributed by atoms with van der Waals surface area (Å²) in [6, 6.07) is 3.16. The Hall–Kier alpha value is -1.14. The monoisotopic (exact) mass is 299 g/mol. The number of nitrogens with zero attached hydrogens (tertiary/aromatic N) is 1. The molecule has 0 saturated carbocycles. The summed E-state index contributed by atoms with van der Waals surface area (Å²) in [6.45, 7) is 6.99. The van der Waals surface area contributed by atoms with Crippen LogP contribution in [0.5, 0.6) is 5.75 Å². The van der Waals surface area contributed by atoms with Gasteiger partial charge >= 0.3 is 0 Å². The fourth-order valence-electron chi connectivity index (χ4n) is 1.82. The zero-order valence-corrected chi connectivity index (χ0v) is 12.9. The number of sulfone groups is 1. The minimum Gasteiger partial charge on any atom is -0.492 e. The van der Waals surface area contributed by atoms with Crippen molar-refractivity contribution in [3.05, 3.63) is 18.3 Å². The summed E-state index contributed by atoms with van der Waals surface area (Å²) in [4.78, 5) is 4.03. The van der Waals surface area contributed by atoms with Crippen LogP contribution in [0.1, 0.15) is 27.2 Å². The van der Waals surface area contributed by atoms with Crippen molar-refractivity contribution >= 4 is 9.84 Å². The molecule has 112 valence electrons. The minimum atomic E-state index is -3.44. The average Bonchev–Trinajstić information content (AvgIpc) is 2.36. The molecule has 5 nitrogen and oxygen atoms in total. The molecule has 0 unspecified atom stereocenters. The molecule has 0 aliphatic carbocycles. The summed E-state index contributed by atoms with van der Waals surface area (Å²) in [7, 11) is -3.44. The van der Waals surface area contributed by atoms with Crippen molar-refractivity contribution in [2.45, 2.75) is 37.0 Å². The average molecular weight is 299 g/mol. The zero-order valence-electron chi connectivity index (χ0n) is 12.1. The van der Waals surface area contributed by atoms with Crippen molar-refractivity contribution in [3.63, 3.8) is 0 Å². The maximum Gasteiger partial charge on any atom is 0.205 e. The summed E-state index contributed by atoms with van der Waals surface area (Å²) in [5.41, 5.74) is 0. The smallest absolute Gasteiger partial charge is 0.205 e. The fraction of sp³-hybridized carbons (Fsp3) is 0.643. The largest absolute Gasteiger partial charge is 0.492 e. The fourth-order valence-corrected chi connectivity index (χ4v) is 3.24. The molecule has 1 aliphatic heterocycles. The van der Waals surface area contributed by atoms with E-state index in [-0.39, 0.29) is 18.2 Å². The molecule has 0 spiro atoms. The van der Waals surface area contributed by atoms with Gasteiger partial charge in [0.25, 0.3) is 0 Å². The Bertz CT molecular complexity index is 547. The predicted molar refractivity (Wildman–Crippen MR) is 75.6 cm³/mol. The topological polar surface area (TPSA) is 65.5 Å². The van der Waals surface area contributed by atoms with E-state index in [9.17, 15) is 8.42 Å². The van der Waals surface area contributed by atoms with Crippen molar-refractivity contribution in [2.75, 3.05) is 19.8 Å². The molecule has 2 rings (SSSR count). The van der Waals surface area contributed by atoms with Gasteiger partial charge in [0.15, 0.2) is 5.03 Å². The second-order valence-corrected chi connectivity index (χ2v) is 8.22. The van der Waals surface area contributed by atoms with Gasteiger partial charge in [0.1, 0.15) is 10.5 Å². The van der Waals surface area contributed by atoms with Crippen molar-refractivity contribution < 1.29 is 17.9 Å². The highest BCUT2D eigenvalue weighted by Gasteiger charge is 2.47. The molecule has 0 bridgehead atoms. The Labute approximate surface area is 120 Å². The van der Waals surface area contributed by atoms with Crippen molar-refractivity contribution in [1.82, 2.24) is 4.98 Å². The molecule has 0 N–H and O–H groups in total. The molecule has 0 radical (unpaired) electrons. The molecule has 20 heavy (non-hydrogen) atoms. The van der Waals surface area contributed by atoms with E-state index >= 15 is 0 Å². The highest BCUT2D eigenvalue weighted by molar-refractivity contribution is 7.92. The van der Waals surface area contributed by atoms with E-state index in [1.165, 1.54) is 12.3 Å². The summed E-state index contributed by atoms with van der Waals surface area (Å²) in [5, 5.41) is 0.0829. The molecule has 0 amide bonds. The maximum absolute atomic E-state index is 12.4. The molecular weight excluding hydrogens is 278 g/mol. The number of ether oxygens (including phenoxy) is 2. The Morgan fingerprint density at radius 1 is 1.40 bits per heavy atom. The van der Waals surface area contributed by atoms with E-state index < -0.39 is 14.6 Å². The number of hydrogen-bond donors (Lipinski definition) is 0. The van der Waals surface area contributed by atoms with Gasteiger partial charge in [-0.1, -0.05) is 13.8 Å². The summed E-state index contributed by atoms with van der Waals surface area (Å²) in [5.74, 6) is 1.17.